The highest BCUT2D eigenvalue weighted by Crippen LogP contribution is 2.44. The van der Waals surface area contributed by atoms with E-state index in [0.717, 1.165) is 30.4 Å². The maximum atomic E-state index is 5.71. The number of hydrogen-bond acceptors (Lipinski definition) is 4. The number of aromatic nitrogens is 2. The van der Waals surface area contributed by atoms with E-state index in [-0.39, 0.29) is 0 Å². The van der Waals surface area contributed by atoms with Crippen LogP contribution in [0.25, 0.3) is 0 Å². The molecule has 3 N–H and O–H groups in total. The van der Waals surface area contributed by atoms with Gasteiger partial charge in [-0.25, -0.2) is 9.97 Å². The van der Waals surface area contributed by atoms with Crippen LogP contribution in [0.5, 0.6) is 0 Å². The Labute approximate surface area is 90.3 Å². The van der Waals surface area contributed by atoms with E-state index >= 15 is 0 Å². The van der Waals surface area contributed by atoms with Gasteiger partial charge in [-0.15, -0.1) is 0 Å². The fourth-order valence-corrected chi connectivity index (χ4v) is 1.70. The number of nitrogens with zero attached hydrogens (tertiary/aromatic N) is 2. The lowest BCUT2D eigenvalue weighted by Gasteiger charge is -2.13. The monoisotopic (exact) mass is 206 g/mol. The highest BCUT2D eigenvalue weighted by Gasteiger charge is 2.40. The normalized spacial score (nSPS) is 17.5. The third-order valence-electron chi connectivity index (χ3n) is 2.99. The molecule has 0 atom stereocenters. The molecule has 0 bridgehead atoms. The Morgan fingerprint density at radius 1 is 1.33 bits per heavy atom. The van der Waals surface area contributed by atoms with Gasteiger partial charge in [0.2, 0.25) is 5.95 Å². The second-order valence-corrected chi connectivity index (χ2v) is 4.53. The third kappa shape index (κ3) is 2.45. The summed E-state index contributed by atoms with van der Waals surface area (Å²) in [5.41, 5.74) is 8.04. The number of hydrogen-bond donors (Lipinski definition) is 2. The molecule has 4 heteroatoms. The highest BCUT2D eigenvalue weighted by atomic mass is 15.1. The van der Waals surface area contributed by atoms with Gasteiger partial charge < -0.3 is 11.1 Å². The van der Waals surface area contributed by atoms with E-state index in [0.29, 0.717) is 5.41 Å². The first-order chi connectivity index (χ1) is 7.13. The van der Waals surface area contributed by atoms with Crippen molar-refractivity contribution in [2.75, 3.05) is 18.4 Å². The third-order valence-corrected chi connectivity index (χ3v) is 2.99. The molecule has 82 valence electrons. The van der Waals surface area contributed by atoms with Crippen LogP contribution in [0.4, 0.5) is 5.95 Å². The molecule has 4 nitrogen and oxygen atoms in total. The van der Waals surface area contributed by atoms with Gasteiger partial charge in [0, 0.05) is 17.9 Å². The molecule has 1 aliphatic carbocycles. The minimum Gasteiger partial charge on any atom is -0.354 e. The van der Waals surface area contributed by atoms with E-state index in [2.05, 4.69) is 15.3 Å². The number of anilines is 1. The van der Waals surface area contributed by atoms with Crippen LogP contribution in [-0.2, 0) is 0 Å². The van der Waals surface area contributed by atoms with Crippen molar-refractivity contribution in [3.05, 3.63) is 17.5 Å². The number of nitrogens with two attached hydrogens (primary N) is 1. The van der Waals surface area contributed by atoms with Crippen LogP contribution in [0.2, 0.25) is 0 Å². The predicted molar refractivity (Wildman–Crippen MR) is 60.7 cm³/mol. The molecule has 0 amide bonds. The summed E-state index contributed by atoms with van der Waals surface area (Å²) in [5.74, 6) is 0.729. The van der Waals surface area contributed by atoms with Crippen LogP contribution in [0.3, 0.4) is 0 Å². The first-order valence-electron chi connectivity index (χ1n) is 5.40. The molecule has 0 unspecified atom stereocenters. The molecule has 0 spiro atoms. The van der Waals surface area contributed by atoms with E-state index in [9.17, 15) is 0 Å². The van der Waals surface area contributed by atoms with E-state index in [1.807, 2.05) is 19.9 Å². The Kier molecular flexibility index (Phi) is 2.61. The fourth-order valence-electron chi connectivity index (χ4n) is 1.70. The van der Waals surface area contributed by atoms with Gasteiger partial charge in [0.25, 0.3) is 0 Å². The van der Waals surface area contributed by atoms with Crippen LogP contribution >= 0.6 is 0 Å². The van der Waals surface area contributed by atoms with Crippen molar-refractivity contribution in [3.8, 4) is 0 Å². The second kappa shape index (κ2) is 3.77. The molecule has 1 heterocycles. The molecule has 1 fully saturated rings. The molecule has 0 aromatic carbocycles. The summed E-state index contributed by atoms with van der Waals surface area (Å²) in [5, 5.41) is 3.28. The zero-order valence-electron chi connectivity index (χ0n) is 9.38. The van der Waals surface area contributed by atoms with Crippen molar-refractivity contribution in [2.24, 2.45) is 11.1 Å². The maximum absolute atomic E-state index is 5.71. The van der Waals surface area contributed by atoms with Gasteiger partial charge >= 0.3 is 0 Å². The number of nitrogens with one attached hydrogen (secondary N) is 1. The van der Waals surface area contributed by atoms with Crippen LogP contribution < -0.4 is 11.1 Å². The number of aryl methyl sites for hydroxylation is 2. The Hall–Kier alpha value is -1.16. The summed E-state index contributed by atoms with van der Waals surface area (Å²) in [6.45, 7) is 5.61. The molecule has 1 aromatic heterocycles. The van der Waals surface area contributed by atoms with Crippen molar-refractivity contribution in [1.82, 2.24) is 9.97 Å². The zero-order valence-corrected chi connectivity index (χ0v) is 9.38. The lowest BCUT2D eigenvalue weighted by atomic mass is 10.1. The first-order valence-corrected chi connectivity index (χ1v) is 5.40. The van der Waals surface area contributed by atoms with Gasteiger partial charge in [-0.3, -0.25) is 0 Å². The molecule has 0 saturated heterocycles. The Balaban J connectivity index is 1.99. The van der Waals surface area contributed by atoms with Gasteiger partial charge in [0.15, 0.2) is 0 Å². The van der Waals surface area contributed by atoms with Crippen molar-refractivity contribution in [2.45, 2.75) is 26.7 Å². The maximum Gasteiger partial charge on any atom is 0.223 e. The minimum atomic E-state index is 0.320. The quantitative estimate of drug-likeness (QED) is 0.778. The van der Waals surface area contributed by atoms with Crippen molar-refractivity contribution >= 4 is 5.95 Å². The molecule has 2 rings (SSSR count). The second-order valence-electron chi connectivity index (χ2n) is 4.53. The van der Waals surface area contributed by atoms with Crippen molar-refractivity contribution < 1.29 is 0 Å². The summed E-state index contributed by atoms with van der Waals surface area (Å²) in [4.78, 5) is 8.67. The highest BCUT2D eigenvalue weighted by molar-refractivity contribution is 5.28. The predicted octanol–water partition coefficient (Wildman–Crippen LogP) is 1.24. The Bertz CT molecular complexity index is 337. The number of rotatable bonds is 4. The summed E-state index contributed by atoms with van der Waals surface area (Å²) in [7, 11) is 0. The zero-order chi connectivity index (χ0) is 10.9. The smallest absolute Gasteiger partial charge is 0.223 e. The van der Waals surface area contributed by atoms with Crippen LogP contribution in [0, 0.1) is 19.3 Å². The van der Waals surface area contributed by atoms with E-state index in [4.69, 9.17) is 5.73 Å². The lowest BCUT2D eigenvalue weighted by molar-refractivity contribution is 0.553. The van der Waals surface area contributed by atoms with Crippen molar-refractivity contribution in [3.63, 3.8) is 0 Å². The van der Waals surface area contributed by atoms with E-state index in [1.165, 1.54) is 12.8 Å². The molecule has 1 aliphatic rings. The van der Waals surface area contributed by atoms with Gasteiger partial charge in [-0.1, -0.05) is 0 Å². The largest absolute Gasteiger partial charge is 0.354 e. The van der Waals surface area contributed by atoms with Gasteiger partial charge in [-0.05, 0) is 44.7 Å². The molecule has 15 heavy (non-hydrogen) atoms. The fraction of sp³-hybridized carbons (Fsp3) is 0.636. The van der Waals surface area contributed by atoms with Crippen LogP contribution in [0.1, 0.15) is 24.2 Å². The van der Waals surface area contributed by atoms with Gasteiger partial charge in [-0.2, -0.15) is 0 Å². The summed E-state index contributed by atoms with van der Waals surface area (Å²) in [6.07, 6.45) is 2.45. The Morgan fingerprint density at radius 3 is 2.40 bits per heavy atom. The average molecular weight is 206 g/mol. The molecular formula is C11H18N4. The SMILES string of the molecule is Cc1cc(C)nc(NCC2(CN)CC2)n1. The lowest BCUT2D eigenvalue weighted by Crippen LogP contribution is -2.25. The van der Waals surface area contributed by atoms with E-state index in [1.54, 1.807) is 0 Å². The molecular weight excluding hydrogens is 188 g/mol. The molecule has 0 aliphatic heterocycles. The Morgan fingerprint density at radius 2 is 1.93 bits per heavy atom. The van der Waals surface area contributed by atoms with Crippen molar-refractivity contribution in [1.29, 1.82) is 0 Å². The molecule has 0 radical (unpaired) electrons. The summed E-state index contributed by atoms with van der Waals surface area (Å²) < 4.78 is 0. The summed E-state index contributed by atoms with van der Waals surface area (Å²) in [6, 6.07) is 1.97. The van der Waals surface area contributed by atoms with Crippen LogP contribution in [0.15, 0.2) is 6.07 Å². The minimum absolute atomic E-state index is 0.320. The summed E-state index contributed by atoms with van der Waals surface area (Å²) >= 11 is 0. The molecule has 1 aromatic rings. The standard InChI is InChI=1S/C11H18N4/c1-8-5-9(2)15-10(14-8)13-7-11(6-12)3-4-11/h5H,3-4,6-7,12H2,1-2H3,(H,13,14,15). The topological polar surface area (TPSA) is 63.8 Å². The van der Waals surface area contributed by atoms with Crippen LogP contribution in [-0.4, -0.2) is 23.1 Å². The van der Waals surface area contributed by atoms with Gasteiger partial charge in [0.05, 0.1) is 0 Å². The average Bonchev–Trinajstić information content (AvgIpc) is 2.94. The van der Waals surface area contributed by atoms with E-state index < -0.39 is 0 Å². The van der Waals surface area contributed by atoms with Gasteiger partial charge in [0.1, 0.15) is 0 Å². The first kappa shape index (κ1) is 10.4. The molecule has 1 saturated carbocycles.